The summed E-state index contributed by atoms with van der Waals surface area (Å²) >= 11 is 1.53. The van der Waals surface area contributed by atoms with Gasteiger partial charge in [0.1, 0.15) is 5.78 Å². The summed E-state index contributed by atoms with van der Waals surface area (Å²) in [5.74, 6) is -3.98. The van der Waals surface area contributed by atoms with Crippen LogP contribution in [-0.2, 0) is 35.2 Å². The van der Waals surface area contributed by atoms with Crippen molar-refractivity contribution in [1.29, 1.82) is 0 Å². The Kier molecular flexibility index (Phi) is 23.2. The first-order chi connectivity index (χ1) is 25.1. The van der Waals surface area contributed by atoms with Crippen molar-refractivity contribution in [2.75, 3.05) is 25.1 Å². The molecular weight excluding hydrogens is 695 g/mol. The fourth-order valence-electron chi connectivity index (χ4n) is 6.10. The second kappa shape index (κ2) is 26.1. The average Bonchev–Trinajstić information content (AvgIpc) is 3.12. The number of primary amides is 1. The fourth-order valence-corrected chi connectivity index (χ4v) is 6.62. The highest BCUT2D eigenvalue weighted by Gasteiger charge is 2.33. The maximum absolute atomic E-state index is 13.8. The summed E-state index contributed by atoms with van der Waals surface area (Å²) in [6.45, 7) is 8.06. The minimum Gasteiger partial charge on any atom is -0.370 e. The molecule has 10 N–H and O–H groups in total. The van der Waals surface area contributed by atoms with Gasteiger partial charge in [0, 0.05) is 49.5 Å². The minimum atomic E-state index is -0.930. The third-order valence-corrected chi connectivity index (χ3v) is 10.5. The van der Waals surface area contributed by atoms with Crippen molar-refractivity contribution in [1.82, 2.24) is 10.6 Å². The van der Waals surface area contributed by atoms with Crippen molar-refractivity contribution < 1.29 is 28.8 Å². The minimum absolute atomic E-state index is 0.00454. The Morgan fingerprint density at radius 2 is 1.40 bits per heavy atom. The number of nitrogens with zero attached hydrogens (tertiary/aromatic N) is 1. The topological polar surface area (TPSA) is 243 Å². The van der Waals surface area contributed by atoms with E-state index < -0.39 is 47.6 Å². The predicted molar refractivity (Wildman–Crippen MR) is 213 cm³/mol. The lowest BCUT2D eigenvalue weighted by Crippen LogP contribution is -2.48. The Morgan fingerprint density at radius 1 is 0.774 bits per heavy atom. The van der Waals surface area contributed by atoms with Gasteiger partial charge in [0.05, 0.1) is 12.1 Å². The molecule has 0 radical (unpaired) electrons. The van der Waals surface area contributed by atoms with E-state index in [0.717, 1.165) is 5.56 Å². The smallest absolute Gasteiger partial charge is 0.224 e. The van der Waals surface area contributed by atoms with Crippen LogP contribution in [0.2, 0.25) is 0 Å². The molecule has 7 atom stereocenters. The summed E-state index contributed by atoms with van der Waals surface area (Å²) < 4.78 is 0. The van der Waals surface area contributed by atoms with Crippen molar-refractivity contribution in [3.05, 3.63) is 35.9 Å². The highest BCUT2D eigenvalue weighted by atomic mass is 32.2. The number of guanidine groups is 1. The Bertz CT molecular complexity index is 1340. The van der Waals surface area contributed by atoms with Gasteiger partial charge < -0.3 is 33.6 Å². The van der Waals surface area contributed by atoms with E-state index in [0.29, 0.717) is 63.8 Å². The third kappa shape index (κ3) is 18.7. The highest BCUT2D eigenvalue weighted by molar-refractivity contribution is 7.98. The van der Waals surface area contributed by atoms with Crippen LogP contribution in [0.3, 0.4) is 0 Å². The van der Waals surface area contributed by atoms with E-state index in [1.54, 1.807) is 6.92 Å². The largest absolute Gasteiger partial charge is 0.370 e. The van der Waals surface area contributed by atoms with E-state index in [-0.39, 0.29) is 60.8 Å². The molecule has 0 aliphatic rings. The van der Waals surface area contributed by atoms with Crippen LogP contribution in [0.15, 0.2) is 35.3 Å². The molecule has 0 aromatic heterocycles. The molecule has 1 aromatic carbocycles. The first kappa shape index (κ1) is 47.2. The third-order valence-electron chi connectivity index (χ3n) is 9.90. The van der Waals surface area contributed by atoms with Crippen molar-refractivity contribution in [3.8, 4) is 0 Å². The molecule has 13 nitrogen and oxygen atoms in total. The molecule has 3 amide bonds. The maximum atomic E-state index is 13.8. The normalized spacial score (nSPS) is 15.1. The Morgan fingerprint density at radius 3 is 1.98 bits per heavy atom. The quantitative estimate of drug-likeness (QED) is 0.0396. The summed E-state index contributed by atoms with van der Waals surface area (Å²) in [4.78, 5) is 83.9. The molecular formula is C39H65N7O6S. The first-order valence-electron chi connectivity index (χ1n) is 18.9. The Balaban J connectivity index is 3.10. The number of aliphatic imine (C=N–C) groups is 1. The lowest BCUT2D eigenvalue weighted by molar-refractivity contribution is -0.135. The van der Waals surface area contributed by atoms with Crippen molar-refractivity contribution >= 4 is 52.8 Å². The number of thioether (sulfide) groups is 1. The first-order valence-corrected chi connectivity index (χ1v) is 20.3. The summed E-state index contributed by atoms with van der Waals surface area (Å²) in [5, 5.41) is 5.71. The van der Waals surface area contributed by atoms with Gasteiger partial charge in [-0.1, -0.05) is 63.9 Å². The van der Waals surface area contributed by atoms with Gasteiger partial charge in [0.15, 0.2) is 17.5 Å². The monoisotopic (exact) mass is 759 g/mol. The fraction of sp³-hybridized carbons (Fsp3) is 0.667. The average molecular weight is 760 g/mol. The molecule has 0 fully saturated rings. The van der Waals surface area contributed by atoms with Gasteiger partial charge in [-0.2, -0.15) is 11.8 Å². The second-order valence-corrected chi connectivity index (χ2v) is 15.2. The van der Waals surface area contributed by atoms with Crippen LogP contribution in [0.25, 0.3) is 0 Å². The van der Waals surface area contributed by atoms with Crippen molar-refractivity contribution in [3.63, 3.8) is 0 Å². The van der Waals surface area contributed by atoms with Crippen LogP contribution in [0.1, 0.15) is 97.5 Å². The van der Waals surface area contributed by atoms with Crippen LogP contribution in [0.4, 0.5) is 0 Å². The van der Waals surface area contributed by atoms with E-state index in [2.05, 4.69) is 15.6 Å². The number of unbranched alkanes of at least 4 members (excludes halogenated alkanes) is 1. The zero-order valence-corrected chi connectivity index (χ0v) is 33.3. The van der Waals surface area contributed by atoms with E-state index in [1.807, 2.05) is 57.4 Å². The maximum Gasteiger partial charge on any atom is 0.224 e. The number of rotatable bonds is 29. The van der Waals surface area contributed by atoms with Gasteiger partial charge in [-0.3, -0.25) is 33.8 Å². The molecule has 53 heavy (non-hydrogen) atoms. The highest BCUT2D eigenvalue weighted by Crippen LogP contribution is 2.23. The molecule has 0 aliphatic carbocycles. The standard InChI is InChI=1S/C39H65N7O6S/c1-6-25(2)31(36(41)50)24-35(49)32(21-28-14-8-7-9-15-28)46-38(52)30(17-20-53-5)23-34(48)27(4)45-37(51)29(16-10-11-18-40)22-33(47)26(3)13-12-19-44-39(42)43/h7-9,14-15,25-27,29-32H,6,10-13,16-24,40H2,1-5H3,(H2,41,50)(H,45,51)(H,46,52)(H4,42,43,44)/t25-,26-,27-,29+,30+,31-,32-/m0/s1. The van der Waals surface area contributed by atoms with Crippen LogP contribution < -0.4 is 33.6 Å². The number of hydrogen-bond acceptors (Lipinski definition) is 9. The number of amides is 3. The van der Waals surface area contributed by atoms with E-state index in [1.165, 1.54) is 11.8 Å². The number of Topliss-reactive ketones (excluding diaryl/α,β-unsaturated/α-hetero) is 3. The van der Waals surface area contributed by atoms with Gasteiger partial charge >= 0.3 is 0 Å². The number of carbonyl (C=O) groups is 6. The molecule has 14 heteroatoms. The number of hydrogen-bond donors (Lipinski definition) is 6. The van der Waals surface area contributed by atoms with Gasteiger partial charge in [-0.25, -0.2) is 0 Å². The summed E-state index contributed by atoms with van der Waals surface area (Å²) in [6.07, 6.45) is 5.91. The number of nitrogens with two attached hydrogens (primary N) is 4. The molecule has 0 bridgehead atoms. The van der Waals surface area contributed by atoms with Gasteiger partial charge in [0.2, 0.25) is 17.7 Å². The van der Waals surface area contributed by atoms with E-state index in [9.17, 15) is 28.8 Å². The molecule has 1 rings (SSSR count). The summed E-state index contributed by atoms with van der Waals surface area (Å²) in [6, 6.07) is 7.42. The SMILES string of the molecule is CC[C@H](C)[C@H](CC(=O)[C@H](Cc1ccccc1)NC(=O)[C@H](CCSC)CC(=O)[C@H](C)NC(=O)[C@H](CCCCN)CC(=O)[C@@H](C)CCCN=C(N)N)C(N)=O. The molecule has 0 heterocycles. The van der Waals surface area contributed by atoms with E-state index >= 15 is 0 Å². The van der Waals surface area contributed by atoms with Crippen molar-refractivity contribution in [2.24, 2.45) is 57.5 Å². The summed E-state index contributed by atoms with van der Waals surface area (Å²) in [7, 11) is 0. The van der Waals surface area contributed by atoms with Gasteiger partial charge in [-0.15, -0.1) is 0 Å². The van der Waals surface area contributed by atoms with Crippen LogP contribution in [0, 0.1) is 29.6 Å². The molecule has 0 saturated heterocycles. The molecule has 1 aromatic rings. The van der Waals surface area contributed by atoms with Gasteiger partial charge in [0.25, 0.3) is 0 Å². The summed E-state index contributed by atoms with van der Waals surface area (Å²) in [5.41, 5.74) is 22.9. The van der Waals surface area contributed by atoms with E-state index in [4.69, 9.17) is 22.9 Å². The second-order valence-electron chi connectivity index (χ2n) is 14.2. The van der Waals surface area contributed by atoms with Crippen LogP contribution >= 0.6 is 11.8 Å². The lowest BCUT2D eigenvalue weighted by Gasteiger charge is -2.26. The van der Waals surface area contributed by atoms with Crippen molar-refractivity contribution in [2.45, 2.75) is 110 Å². The zero-order chi connectivity index (χ0) is 39.9. The van der Waals surface area contributed by atoms with Crippen LogP contribution in [0.5, 0.6) is 0 Å². The molecule has 0 spiro atoms. The lowest BCUT2D eigenvalue weighted by atomic mass is 9.84. The number of benzene rings is 1. The van der Waals surface area contributed by atoms with Crippen LogP contribution in [-0.4, -0.2) is 78.2 Å². The number of carbonyl (C=O) groups excluding carboxylic acids is 6. The predicted octanol–water partition coefficient (Wildman–Crippen LogP) is 3.05. The Labute approximate surface area is 320 Å². The molecule has 298 valence electrons. The number of nitrogens with one attached hydrogen (secondary N) is 2. The molecule has 0 aliphatic heterocycles. The molecule has 0 unspecified atom stereocenters. The van der Waals surface area contributed by atoms with Gasteiger partial charge in [-0.05, 0) is 75.5 Å². The molecule has 0 saturated carbocycles. The Hall–Kier alpha value is -3.78. The number of ketones is 3. The zero-order valence-electron chi connectivity index (χ0n) is 32.4.